The predicted molar refractivity (Wildman–Crippen MR) is 86.2 cm³/mol. The second-order valence-corrected chi connectivity index (χ2v) is 6.82. The first-order valence-corrected chi connectivity index (χ1v) is 8.23. The summed E-state index contributed by atoms with van der Waals surface area (Å²) in [6, 6.07) is 6.06. The molecule has 4 nitrogen and oxygen atoms in total. The minimum absolute atomic E-state index is 0.0234. The van der Waals surface area contributed by atoms with E-state index in [4.69, 9.17) is 16.0 Å². The lowest BCUT2D eigenvalue weighted by Gasteiger charge is -2.49. The van der Waals surface area contributed by atoms with Crippen LogP contribution in [-0.4, -0.2) is 36.0 Å². The van der Waals surface area contributed by atoms with Crippen LogP contribution in [0.2, 0.25) is 5.02 Å². The highest BCUT2D eigenvalue weighted by atomic mass is 35.5. The molecule has 22 heavy (non-hydrogen) atoms. The van der Waals surface area contributed by atoms with Crippen molar-refractivity contribution < 1.29 is 9.21 Å². The average Bonchev–Trinajstić information content (AvgIpc) is 2.92. The highest BCUT2D eigenvalue weighted by Crippen LogP contribution is 2.32. The van der Waals surface area contributed by atoms with Crippen molar-refractivity contribution in [3.8, 4) is 0 Å². The third-order valence-electron chi connectivity index (χ3n) is 5.26. The third-order valence-corrected chi connectivity index (χ3v) is 5.56. The Morgan fingerprint density at radius 3 is 2.86 bits per heavy atom. The summed E-state index contributed by atoms with van der Waals surface area (Å²) in [5.41, 5.74) is 1.34. The van der Waals surface area contributed by atoms with Gasteiger partial charge in [0.25, 0.3) is 5.91 Å². The molecule has 2 atom stereocenters. The lowest BCUT2D eigenvalue weighted by atomic mass is 9.79. The topological polar surface area (TPSA) is 45.5 Å². The van der Waals surface area contributed by atoms with E-state index in [0.29, 0.717) is 28.1 Å². The molecule has 0 aliphatic carbocycles. The highest BCUT2D eigenvalue weighted by Gasteiger charge is 2.40. The molecule has 2 bridgehead atoms. The Morgan fingerprint density at radius 2 is 2.14 bits per heavy atom. The van der Waals surface area contributed by atoms with Crippen molar-refractivity contribution in [2.75, 3.05) is 13.1 Å². The Labute approximate surface area is 134 Å². The fourth-order valence-electron chi connectivity index (χ4n) is 3.92. The SMILES string of the molecule is C[C@H]1[C@H](NC(=O)c2ccc3occ(Cl)c3c2)C2CCN1CC2. The molecule has 1 aromatic heterocycles. The molecule has 0 spiro atoms. The van der Waals surface area contributed by atoms with Crippen LogP contribution < -0.4 is 5.32 Å². The molecule has 116 valence electrons. The monoisotopic (exact) mass is 318 g/mol. The largest absolute Gasteiger partial charge is 0.463 e. The van der Waals surface area contributed by atoms with Gasteiger partial charge in [0.2, 0.25) is 0 Å². The molecule has 3 aliphatic rings. The summed E-state index contributed by atoms with van der Waals surface area (Å²) in [5.74, 6) is 0.579. The highest BCUT2D eigenvalue weighted by molar-refractivity contribution is 6.35. The molecule has 2 aromatic rings. The first-order chi connectivity index (χ1) is 10.6. The maximum absolute atomic E-state index is 12.6. The van der Waals surface area contributed by atoms with E-state index in [-0.39, 0.29) is 11.9 Å². The molecule has 1 N–H and O–H groups in total. The van der Waals surface area contributed by atoms with E-state index in [1.165, 1.54) is 19.1 Å². The lowest BCUT2D eigenvalue weighted by Crippen LogP contribution is -2.62. The number of furan rings is 1. The number of benzene rings is 1. The second-order valence-electron chi connectivity index (χ2n) is 6.41. The van der Waals surface area contributed by atoms with Gasteiger partial charge in [-0.1, -0.05) is 11.6 Å². The lowest BCUT2D eigenvalue weighted by molar-refractivity contribution is 0.0217. The first-order valence-electron chi connectivity index (χ1n) is 7.85. The first kappa shape index (κ1) is 14.1. The fraction of sp³-hybridized carbons (Fsp3) is 0.471. The van der Waals surface area contributed by atoms with Crippen LogP contribution in [0.25, 0.3) is 11.0 Å². The third kappa shape index (κ3) is 2.22. The van der Waals surface area contributed by atoms with Gasteiger partial charge in [0.05, 0.1) is 5.02 Å². The quantitative estimate of drug-likeness (QED) is 0.924. The van der Waals surface area contributed by atoms with E-state index >= 15 is 0 Å². The summed E-state index contributed by atoms with van der Waals surface area (Å²) in [5, 5.41) is 4.57. The molecular weight excluding hydrogens is 300 g/mol. The predicted octanol–water partition coefficient (Wildman–Crippen LogP) is 3.30. The van der Waals surface area contributed by atoms with Gasteiger partial charge in [-0.05, 0) is 57.0 Å². The van der Waals surface area contributed by atoms with E-state index in [9.17, 15) is 4.79 Å². The number of piperidine rings is 3. The van der Waals surface area contributed by atoms with Crippen molar-refractivity contribution >= 4 is 28.5 Å². The Kier molecular flexibility index (Phi) is 3.39. The number of carbonyl (C=O) groups is 1. The summed E-state index contributed by atoms with van der Waals surface area (Å²) in [6.07, 6.45) is 3.87. The van der Waals surface area contributed by atoms with Crippen LogP contribution in [0.3, 0.4) is 0 Å². The van der Waals surface area contributed by atoms with Gasteiger partial charge in [0, 0.05) is 23.0 Å². The number of amides is 1. The van der Waals surface area contributed by atoms with Crippen molar-refractivity contribution in [3.63, 3.8) is 0 Å². The Hall–Kier alpha value is -1.52. The molecular formula is C17H19ClN2O2. The number of hydrogen-bond acceptors (Lipinski definition) is 3. The van der Waals surface area contributed by atoms with Gasteiger partial charge in [-0.25, -0.2) is 0 Å². The Morgan fingerprint density at radius 1 is 1.36 bits per heavy atom. The molecule has 0 radical (unpaired) electrons. The van der Waals surface area contributed by atoms with Crippen LogP contribution in [0.15, 0.2) is 28.9 Å². The number of fused-ring (bicyclic) bond motifs is 4. The van der Waals surface area contributed by atoms with Gasteiger partial charge in [0.1, 0.15) is 11.8 Å². The van der Waals surface area contributed by atoms with Gasteiger partial charge >= 0.3 is 0 Å². The van der Waals surface area contributed by atoms with Gasteiger partial charge in [-0.3, -0.25) is 9.69 Å². The van der Waals surface area contributed by atoms with Crippen LogP contribution in [0.5, 0.6) is 0 Å². The molecule has 0 unspecified atom stereocenters. The van der Waals surface area contributed by atoms with Crippen LogP contribution in [0, 0.1) is 5.92 Å². The minimum Gasteiger partial charge on any atom is -0.463 e. The summed E-state index contributed by atoms with van der Waals surface area (Å²) in [6.45, 7) is 4.54. The van der Waals surface area contributed by atoms with Crippen molar-refractivity contribution in [2.24, 2.45) is 5.92 Å². The van der Waals surface area contributed by atoms with Gasteiger partial charge in [-0.2, -0.15) is 0 Å². The van der Waals surface area contributed by atoms with E-state index in [1.807, 2.05) is 6.07 Å². The molecule has 5 heteroatoms. The summed E-state index contributed by atoms with van der Waals surface area (Å²) in [4.78, 5) is 15.1. The maximum Gasteiger partial charge on any atom is 0.251 e. The number of nitrogens with one attached hydrogen (secondary N) is 1. The minimum atomic E-state index is -0.0234. The Bertz CT molecular complexity index is 717. The number of hydrogen-bond donors (Lipinski definition) is 1. The fourth-order valence-corrected chi connectivity index (χ4v) is 4.11. The number of nitrogens with zero attached hydrogens (tertiary/aromatic N) is 1. The number of rotatable bonds is 2. The van der Waals surface area contributed by atoms with Crippen molar-refractivity contribution in [1.29, 1.82) is 0 Å². The van der Waals surface area contributed by atoms with Crippen LogP contribution in [-0.2, 0) is 0 Å². The maximum atomic E-state index is 12.6. The normalized spacial score (nSPS) is 30.6. The summed E-state index contributed by atoms with van der Waals surface area (Å²) >= 11 is 6.08. The molecule has 3 aliphatic heterocycles. The van der Waals surface area contributed by atoms with Crippen LogP contribution >= 0.6 is 11.6 Å². The van der Waals surface area contributed by atoms with E-state index in [2.05, 4.69) is 17.1 Å². The van der Waals surface area contributed by atoms with Crippen LogP contribution in [0.1, 0.15) is 30.1 Å². The van der Waals surface area contributed by atoms with Gasteiger partial charge < -0.3 is 9.73 Å². The number of halogens is 1. The summed E-state index contributed by atoms with van der Waals surface area (Å²) < 4.78 is 5.32. The average molecular weight is 319 g/mol. The van der Waals surface area contributed by atoms with E-state index in [0.717, 1.165) is 18.5 Å². The smallest absolute Gasteiger partial charge is 0.251 e. The molecule has 0 saturated carbocycles. The molecule has 3 fully saturated rings. The molecule has 4 heterocycles. The molecule has 5 rings (SSSR count). The zero-order valence-electron chi connectivity index (χ0n) is 12.5. The van der Waals surface area contributed by atoms with Gasteiger partial charge in [0.15, 0.2) is 0 Å². The molecule has 1 aromatic carbocycles. The van der Waals surface area contributed by atoms with E-state index < -0.39 is 0 Å². The van der Waals surface area contributed by atoms with Crippen molar-refractivity contribution in [2.45, 2.75) is 31.8 Å². The standard InChI is InChI=1S/C17H19ClN2O2/c1-10-16(11-4-6-20(10)7-5-11)19-17(21)12-2-3-15-13(8-12)14(18)9-22-15/h2-3,8-11,16H,4-7H2,1H3,(H,19,21)/t10-,16-/m0/s1. The van der Waals surface area contributed by atoms with Crippen LogP contribution in [0.4, 0.5) is 0 Å². The van der Waals surface area contributed by atoms with Crippen molar-refractivity contribution in [3.05, 3.63) is 35.0 Å². The van der Waals surface area contributed by atoms with E-state index in [1.54, 1.807) is 12.1 Å². The zero-order valence-corrected chi connectivity index (χ0v) is 13.3. The molecule has 3 saturated heterocycles. The number of carbonyl (C=O) groups excluding carboxylic acids is 1. The summed E-state index contributed by atoms with van der Waals surface area (Å²) in [7, 11) is 0. The molecule has 1 amide bonds. The second kappa shape index (κ2) is 5.28. The zero-order chi connectivity index (χ0) is 15.3. The van der Waals surface area contributed by atoms with Gasteiger partial charge in [-0.15, -0.1) is 0 Å². The Balaban J connectivity index is 1.57. The van der Waals surface area contributed by atoms with Crippen molar-refractivity contribution in [1.82, 2.24) is 10.2 Å².